The predicted molar refractivity (Wildman–Crippen MR) is 114 cm³/mol. The molecular formula is C21H19ClN4O4. The molecule has 1 heterocycles. The van der Waals surface area contributed by atoms with Gasteiger partial charge in [0, 0.05) is 16.8 Å². The van der Waals surface area contributed by atoms with E-state index in [0.29, 0.717) is 22.1 Å². The molecule has 1 aromatic heterocycles. The molecule has 0 spiro atoms. The fourth-order valence-electron chi connectivity index (χ4n) is 2.62. The molecule has 0 saturated carbocycles. The van der Waals surface area contributed by atoms with Gasteiger partial charge in [-0.25, -0.2) is 4.68 Å². The molecule has 0 saturated heterocycles. The van der Waals surface area contributed by atoms with Crippen LogP contribution in [-0.2, 0) is 11.3 Å². The highest BCUT2D eigenvalue weighted by Crippen LogP contribution is 2.27. The number of amides is 2. The van der Waals surface area contributed by atoms with Crippen molar-refractivity contribution in [3.63, 3.8) is 0 Å². The number of anilines is 2. The van der Waals surface area contributed by atoms with Crippen LogP contribution >= 0.6 is 11.6 Å². The van der Waals surface area contributed by atoms with E-state index in [2.05, 4.69) is 15.7 Å². The summed E-state index contributed by atoms with van der Waals surface area (Å²) in [7, 11) is 1.46. The van der Waals surface area contributed by atoms with Crippen LogP contribution in [0.2, 0.25) is 5.02 Å². The van der Waals surface area contributed by atoms with Crippen molar-refractivity contribution in [2.45, 2.75) is 13.5 Å². The Labute approximate surface area is 177 Å². The van der Waals surface area contributed by atoms with Crippen molar-refractivity contribution in [1.29, 1.82) is 0 Å². The van der Waals surface area contributed by atoms with Crippen LogP contribution in [0.5, 0.6) is 5.75 Å². The zero-order valence-corrected chi connectivity index (χ0v) is 17.1. The molecule has 3 rings (SSSR count). The molecule has 0 aliphatic carbocycles. The first kappa shape index (κ1) is 21.1. The van der Waals surface area contributed by atoms with Gasteiger partial charge in [-0.15, -0.1) is 0 Å². The maximum atomic E-state index is 12.4. The Hall–Kier alpha value is -3.65. The fourth-order valence-corrected chi connectivity index (χ4v) is 2.79. The van der Waals surface area contributed by atoms with Crippen LogP contribution in [0, 0.1) is 6.92 Å². The first-order valence-corrected chi connectivity index (χ1v) is 9.33. The monoisotopic (exact) mass is 426 g/mol. The zero-order chi connectivity index (χ0) is 21.7. The topological polar surface area (TPSA) is 102 Å². The zero-order valence-electron chi connectivity index (χ0n) is 16.3. The van der Waals surface area contributed by atoms with Crippen molar-refractivity contribution in [3.8, 4) is 5.75 Å². The average molecular weight is 427 g/mol. The molecule has 0 atom stereocenters. The summed E-state index contributed by atoms with van der Waals surface area (Å²) in [5.41, 5.74) is 1.49. The number of methoxy groups -OCH3 is 1. The van der Waals surface area contributed by atoms with Gasteiger partial charge in [-0.3, -0.25) is 14.4 Å². The highest BCUT2D eigenvalue weighted by Gasteiger charge is 2.14. The number of nitrogens with zero attached hydrogens (tertiary/aromatic N) is 2. The number of nitrogens with one attached hydrogen (secondary N) is 2. The van der Waals surface area contributed by atoms with Crippen LogP contribution < -0.4 is 20.9 Å². The molecule has 0 aliphatic rings. The number of ether oxygens (including phenoxy) is 1. The summed E-state index contributed by atoms with van der Waals surface area (Å²) in [4.78, 5) is 36.9. The van der Waals surface area contributed by atoms with E-state index in [1.54, 1.807) is 24.3 Å². The van der Waals surface area contributed by atoms with E-state index in [-0.39, 0.29) is 12.2 Å². The molecule has 2 amide bonds. The van der Waals surface area contributed by atoms with E-state index in [9.17, 15) is 14.4 Å². The molecule has 154 valence electrons. The highest BCUT2D eigenvalue weighted by molar-refractivity contribution is 6.31. The highest BCUT2D eigenvalue weighted by atomic mass is 35.5. The van der Waals surface area contributed by atoms with Gasteiger partial charge in [-0.2, -0.15) is 5.10 Å². The maximum absolute atomic E-state index is 12.4. The first-order chi connectivity index (χ1) is 14.4. The van der Waals surface area contributed by atoms with Crippen molar-refractivity contribution in [2.75, 3.05) is 17.7 Å². The largest absolute Gasteiger partial charge is 0.495 e. The molecule has 0 bridgehead atoms. The second-order valence-corrected chi connectivity index (χ2v) is 6.86. The molecular weight excluding hydrogens is 408 g/mol. The Morgan fingerprint density at radius 1 is 1.07 bits per heavy atom. The minimum absolute atomic E-state index is 0.00307. The first-order valence-electron chi connectivity index (χ1n) is 8.95. The van der Waals surface area contributed by atoms with Gasteiger partial charge >= 0.3 is 0 Å². The molecule has 30 heavy (non-hydrogen) atoms. The van der Waals surface area contributed by atoms with Crippen molar-refractivity contribution >= 4 is 34.8 Å². The summed E-state index contributed by atoms with van der Waals surface area (Å²) in [5.74, 6) is -0.606. The van der Waals surface area contributed by atoms with E-state index in [1.165, 1.54) is 25.3 Å². The van der Waals surface area contributed by atoms with Gasteiger partial charge in [0.2, 0.25) is 5.91 Å². The summed E-state index contributed by atoms with van der Waals surface area (Å²) in [6.45, 7) is 1.55. The lowest BCUT2D eigenvalue weighted by atomic mass is 10.2. The Morgan fingerprint density at radius 2 is 1.80 bits per heavy atom. The number of carbonyl (C=O) groups is 2. The molecule has 0 unspecified atom stereocenters. The lowest BCUT2D eigenvalue weighted by Gasteiger charge is -2.11. The smallest absolute Gasteiger partial charge is 0.276 e. The van der Waals surface area contributed by atoms with Gasteiger partial charge in [0.05, 0.1) is 12.8 Å². The molecule has 8 nitrogen and oxygen atoms in total. The number of hydrogen-bond acceptors (Lipinski definition) is 5. The van der Waals surface area contributed by atoms with Crippen LogP contribution in [0.25, 0.3) is 0 Å². The molecule has 3 aromatic rings. The standard InChI is InChI=1S/C21H19ClN4O4/c1-13-3-6-15(7-4-13)23-21(29)16-8-10-20(28)26(25-16)12-19(27)24-17-11-14(22)5-9-18(17)30-2/h3-11H,12H2,1-2H3,(H,23,29)(H,24,27). The number of aromatic nitrogens is 2. The predicted octanol–water partition coefficient (Wildman–Crippen LogP) is 3.10. The fraction of sp³-hybridized carbons (Fsp3) is 0.143. The summed E-state index contributed by atoms with van der Waals surface area (Å²) >= 11 is 5.95. The summed E-state index contributed by atoms with van der Waals surface area (Å²) in [5, 5.41) is 9.74. The lowest BCUT2D eigenvalue weighted by molar-refractivity contribution is -0.117. The average Bonchev–Trinajstić information content (AvgIpc) is 2.71. The summed E-state index contributed by atoms with van der Waals surface area (Å²) in [6, 6.07) is 14.5. The minimum Gasteiger partial charge on any atom is -0.495 e. The number of halogens is 1. The number of aryl methyl sites for hydroxylation is 1. The third kappa shape index (κ3) is 5.24. The van der Waals surface area contributed by atoms with Gasteiger partial charge in [-0.1, -0.05) is 29.3 Å². The number of hydrogen-bond donors (Lipinski definition) is 2. The van der Waals surface area contributed by atoms with Gasteiger partial charge in [0.15, 0.2) is 0 Å². The van der Waals surface area contributed by atoms with Gasteiger partial charge in [0.25, 0.3) is 11.5 Å². The van der Waals surface area contributed by atoms with Crippen molar-refractivity contribution in [2.24, 2.45) is 0 Å². The number of benzene rings is 2. The van der Waals surface area contributed by atoms with E-state index in [4.69, 9.17) is 16.3 Å². The maximum Gasteiger partial charge on any atom is 0.276 e. The second kappa shape index (κ2) is 9.23. The van der Waals surface area contributed by atoms with Crippen molar-refractivity contribution in [1.82, 2.24) is 9.78 Å². The van der Waals surface area contributed by atoms with Crippen LogP contribution in [0.1, 0.15) is 16.1 Å². The lowest BCUT2D eigenvalue weighted by Crippen LogP contribution is -2.31. The van der Waals surface area contributed by atoms with Crippen LogP contribution in [0.3, 0.4) is 0 Å². The molecule has 9 heteroatoms. The van der Waals surface area contributed by atoms with Crippen LogP contribution in [-0.4, -0.2) is 28.7 Å². The van der Waals surface area contributed by atoms with Gasteiger partial charge in [-0.05, 0) is 43.3 Å². The Morgan fingerprint density at radius 3 is 2.50 bits per heavy atom. The van der Waals surface area contributed by atoms with Crippen molar-refractivity contribution in [3.05, 3.63) is 81.2 Å². The SMILES string of the molecule is COc1ccc(Cl)cc1NC(=O)Cn1nc(C(=O)Nc2ccc(C)cc2)ccc1=O. The normalized spacial score (nSPS) is 10.4. The summed E-state index contributed by atoms with van der Waals surface area (Å²) < 4.78 is 6.09. The third-order valence-electron chi connectivity index (χ3n) is 4.14. The molecule has 0 fully saturated rings. The van der Waals surface area contributed by atoms with Crippen LogP contribution in [0.15, 0.2) is 59.4 Å². The molecule has 0 radical (unpaired) electrons. The van der Waals surface area contributed by atoms with Gasteiger partial charge in [0.1, 0.15) is 18.0 Å². The number of rotatable bonds is 6. The Bertz CT molecular complexity index is 1140. The van der Waals surface area contributed by atoms with E-state index in [1.807, 2.05) is 19.1 Å². The second-order valence-electron chi connectivity index (χ2n) is 6.43. The van der Waals surface area contributed by atoms with E-state index >= 15 is 0 Å². The summed E-state index contributed by atoms with van der Waals surface area (Å²) in [6.07, 6.45) is 0. The van der Waals surface area contributed by atoms with E-state index < -0.39 is 17.4 Å². The van der Waals surface area contributed by atoms with Gasteiger partial charge < -0.3 is 15.4 Å². The molecule has 2 aromatic carbocycles. The Kier molecular flexibility index (Phi) is 6.48. The number of carbonyl (C=O) groups excluding carboxylic acids is 2. The minimum atomic E-state index is -0.527. The quantitative estimate of drug-likeness (QED) is 0.630. The third-order valence-corrected chi connectivity index (χ3v) is 4.37. The molecule has 2 N–H and O–H groups in total. The molecule has 0 aliphatic heterocycles. The van der Waals surface area contributed by atoms with Crippen LogP contribution in [0.4, 0.5) is 11.4 Å². The van der Waals surface area contributed by atoms with Crippen molar-refractivity contribution < 1.29 is 14.3 Å². The Balaban J connectivity index is 1.74. The van der Waals surface area contributed by atoms with E-state index in [0.717, 1.165) is 10.2 Å².